The summed E-state index contributed by atoms with van der Waals surface area (Å²) in [5, 5.41) is 5.41. The van der Waals surface area contributed by atoms with Crippen LogP contribution >= 0.6 is 15.8 Å². The Kier molecular flexibility index (Phi) is 9.71. The monoisotopic (exact) mass is 552 g/mol. The van der Waals surface area contributed by atoms with Crippen LogP contribution in [0.5, 0.6) is 0 Å². The lowest BCUT2D eigenvalue weighted by molar-refractivity contribution is 1.35. The molecule has 0 aliphatic carbocycles. The molecule has 40 heavy (non-hydrogen) atoms. The minimum Gasteiger partial charge on any atom is -0.0990 e. The minimum absolute atomic E-state index is 0.544. The maximum atomic E-state index is 4.15. The molecule has 196 valence electrons. The van der Waals surface area contributed by atoms with Crippen molar-refractivity contribution < 1.29 is 0 Å². The highest BCUT2D eigenvalue weighted by molar-refractivity contribution is 7.72. The van der Waals surface area contributed by atoms with E-state index in [0.717, 1.165) is 12.3 Å². The van der Waals surface area contributed by atoms with Crippen molar-refractivity contribution in [3.05, 3.63) is 187 Å². The summed E-state index contributed by atoms with van der Waals surface area (Å²) in [6.45, 7) is 8.13. The van der Waals surface area contributed by atoms with E-state index < -0.39 is 15.8 Å². The first-order valence-corrected chi connectivity index (χ1v) is 16.7. The fourth-order valence-corrected chi connectivity index (χ4v) is 9.72. The number of hydrogen-bond acceptors (Lipinski definition) is 0. The average molecular weight is 553 g/mol. The lowest BCUT2D eigenvalue weighted by Crippen LogP contribution is -2.13. The Morgan fingerprint density at radius 2 is 0.925 bits per heavy atom. The Morgan fingerprint density at radius 1 is 0.500 bits per heavy atom. The molecule has 0 aromatic heterocycles. The fraction of sp³-hybridized carbons (Fsp3) is 0.0526. The third-order valence-electron chi connectivity index (χ3n) is 6.99. The molecular formula is C38H34P2. The highest BCUT2D eigenvalue weighted by Gasteiger charge is 2.20. The summed E-state index contributed by atoms with van der Waals surface area (Å²) >= 11 is 0. The molecule has 0 saturated heterocycles. The van der Waals surface area contributed by atoms with Crippen LogP contribution in [0.2, 0.25) is 0 Å². The second kappa shape index (κ2) is 14.0. The quantitative estimate of drug-likeness (QED) is 0.113. The van der Waals surface area contributed by atoms with Gasteiger partial charge < -0.3 is 0 Å². The molecular weight excluding hydrogens is 518 g/mol. The van der Waals surface area contributed by atoms with Crippen LogP contribution in [0.25, 0.3) is 11.1 Å². The van der Waals surface area contributed by atoms with Gasteiger partial charge in [-0.3, -0.25) is 0 Å². The molecule has 0 amide bonds. The van der Waals surface area contributed by atoms with Gasteiger partial charge in [0.25, 0.3) is 0 Å². The predicted molar refractivity (Wildman–Crippen MR) is 180 cm³/mol. The standard InChI is InChI=1S/C38H34P2/c1-3-18-33(4-2)39(34-21-8-5-9-22-34)29-31-19-14-16-27-37(31)38-28-17-15-20-32(38)30-40(35-23-10-6-11-24-35)36-25-12-7-13-26-36/h3-28H,1-2,29-30H2/b33-18+. The van der Waals surface area contributed by atoms with Gasteiger partial charge in [0, 0.05) is 12.3 Å². The van der Waals surface area contributed by atoms with Crippen LogP contribution in [-0.2, 0) is 12.3 Å². The third-order valence-corrected chi connectivity index (χ3v) is 12.0. The molecule has 5 aromatic carbocycles. The number of hydrogen-bond donors (Lipinski definition) is 0. The Labute approximate surface area is 242 Å². The van der Waals surface area contributed by atoms with Gasteiger partial charge in [-0.25, -0.2) is 0 Å². The van der Waals surface area contributed by atoms with Crippen molar-refractivity contribution >= 4 is 31.8 Å². The van der Waals surface area contributed by atoms with Crippen LogP contribution in [0, 0.1) is 0 Å². The normalized spacial score (nSPS) is 12.2. The molecule has 0 nitrogen and oxygen atoms in total. The molecule has 5 aromatic rings. The van der Waals surface area contributed by atoms with E-state index in [1.165, 1.54) is 43.5 Å². The first-order valence-electron chi connectivity index (χ1n) is 13.6. The van der Waals surface area contributed by atoms with Gasteiger partial charge in [-0.2, -0.15) is 0 Å². The maximum Gasteiger partial charge on any atom is 0.00136 e. The summed E-state index contributed by atoms with van der Waals surface area (Å²) in [5.41, 5.74) is 5.40. The second-order valence-electron chi connectivity index (χ2n) is 9.52. The van der Waals surface area contributed by atoms with Gasteiger partial charge in [0.2, 0.25) is 0 Å². The van der Waals surface area contributed by atoms with Crippen LogP contribution < -0.4 is 15.9 Å². The molecule has 2 heteroatoms. The van der Waals surface area contributed by atoms with Crippen LogP contribution in [-0.4, -0.2) is 0 Å². The average Bonchev–Trinajstić information content (AvgIpc) is 3.03. The van der Waals surface area contributed by atoms with Gasteiger partial charge >= 0.3 is 0 Å². The van der Waals surface area contributed by atoms with Gasteiger partial charge in [-0.1, -0.05) is 171 Å². The molecule has 0 radical (unpaired) electrons. The van der Waals surface area contributed by atoms with Crippen molar-refractivity contribution in [2.24, 2.45) is 0 Å². The first kappa shape index (κ1) is 27.7. The number of rotatable bonds is 11. The maximum absolute atomic E-state index is 4.15. The van der Waals surface area contributed by atoms with Gasteiger partial charge in [0.1, 0.15) is 0 Å². The Morgan fingerprint density at radius 3 is 1.40 bits per heavy atom. The summed E-state index contributed by atoms with van der Waals surface area (Å²) < 4.78 is 0. The second-order valence-corrected chi connectivity index (χ2v) is 13.9. The van der Waals surface area contributed by atoms with E-state index in [9.17, 15) is 0 Å². The van der Waals surface area contributed by atoms with Gasteiger partial charge in [-0.05, 0) is 59.3 Å². The molecule has 0 spiro atoms. The largest absolute Gasteiger partial charge is 0.0990 e. The summed E-state index contributed by atoms with van der Waals surface area (Å²) in [6.07, 6.45) is 7.95. The van der Waals surface area contributed by atoms with E-state index >= 15 is 0 Å². The van der Waals surface area contributed by atoms with E-state index in [1.807, 2.05) is 12.2 Å². The van der Waals surface area contributed by atoms with E-state index in [1.54, 1.807) is 0 Å². The van der Waals surface area contributed by atoms with E-state index in [4.69, 9.17) is 0 Å². The lowest BCUT2D eigenvalue weighted by atomic mass is 9.97. The van der Waals surface area contributed by atoms with Gasteiger partial charge in [0.05, 0.1) is 0 Å². The van der Waals surface area contributed by atoms with E-state index in [0.29, 0.717) is 0 Å². The SMILES string of the molecule is C=C/C=C(\C=C)P(Cc1ccccc1-c1ccccc1CP(c1ccccc1)c1ccccc1)c1ccccc1. The smallest absolute Gasteiger partial charge is 0.00136 e. The molecule has 1 atom stereocenters. The predicted octanol–water partition coefficient (Wildman–Crippen LogP) is 9.55. The Balaban J connectivity index is 1.56. The van der Waals surface area contributed by atoms with E-state index in [2.05, 4.69) is 159 Å². The van der Waals surface area contributed by atoms with Crippen molar-refractivity contribution in [2.75, 3.05) is 0 Å². The summed E-state index contributed by atoms with van der Waals surface area (Å²) in [4.78, 5) is 0. The topological polar surface area (TPSA) is 0 Å². The van der Waals surface area contributed by atoms with Crippen molar-refractivity contribution in [2.45, 2.75) is 12.3 Å². The van der Waals surface area contributed by atoms with Crippen LogP contribution in [0.4, 0.5) is 0 Å². The van der Waals surface area contributed by atoms with Crippen LogP contribution in [0.15, 0.2) is 176 Å². The molecule has 0 heterocycles. The zero-order valence-electron chi connectivity index (χ0n) is 22.7. The van der Waals surface area contributed by atoms with Gasteiger partial charge in [0.15, 0.2) is 0 Å². The summed E-state index contributed by atoms with van der Waals surface area (Å²) in [5.74, 6) is 0. The Bertz CT molecular complexity index is 1530. The van der Waals surface area contributed by atoms with Crippen LogP contribution in [0.3, 0.4) is 0 Å². The fourth-order valence-electron chi connectivity index (χ4n) is 5.06. The highest BCUT2D eigenvalue weighted by atomic mass is 31.1. The van der Waals surface area contributed by atoms with Gasteiger partial charge in [-0.15, -0.1) is 0 Å². The van der Waals surface area contributed by atoms with Crippen molar-refractivity contribution in [3.63, 3.8) is 0 Å². The van der Waals surface area contributed by atoms with E-state index in [-0.39, 0.29) is 0 Å². The van der Waals surface area contributed by atoms with Crippen LogP contribution in [0.1, 0.15) is 11.1 Å². The third kappa shape index (κ3) is 6.66. The number of benzene rings is 5. The number of allylic oxidation sites excluding steroid dienone is 4. The summed E-state index contributed by atoms with van der Waals surface area (Å²) in [7, 11) is -1.17. The Hall–Kier alpha value is -3.82. The van der Waals surface area contributed by atoms with Crippen molar-refractivity contribution in [1.29, 1.82) is 0 Å². The highest BCUT2D eigenvalue weighted by Crippen LogP contribution is 2.49. The molecule has 0 aliphatic heterocycles. The van der Waals surface area contributed by atoms with Crippen molar-refractivity contribution in [1.82, 2.24) is 0 Å². The summed E-state index contributed by atoms with van der Waals surface area (Å²) in [6, 6.07) is 50.8. The minimum atomic E-state index is -0.631. The molecule has 0 fully saturated rings. The molecule has 5 rings (SSSR count). The molecule has 0 aliphatic rings. The zero-order valence-corrected chi connectivity index (χ0v) is 24.5. The lowest BCUT2D eigenvalue weighted by Gasteiger charge is -2.23. The molecule has 0 saturated carbocycles. The molecule has 0 bridgehead atoms. The zero-order chi connectivity index (χ0) is 27.6. The van der Waals surface area contributed by atoms with Crippen molar-refractivity contribution in [3.8, 4) is 11.1 Å². The molecule has 1 unspecified atom stereocenters. The first-order chi connectivity index (χ1) is 19.8. The molecule has 0 N–H and O–H groups in total.